The molecule has 1 aromatic heterocycles. The summed E-state index contributed by atoms with van der Waals surface area (Å²) in [5.41, 5.74) is 12.1. The first-order valence-electron chi connectivity index (χ1n) is 10.3. The highest BCUT2D eigenvalue weighted by molar-refractivity contribution is 5.90. The van der Waals surface area contributed by atoms with Crippen molar-refractivity contribution in [3.8, 4) is 11.1 Å². The minimum Gasteiger partial charge on any atom is -0.370 e. The molecule has 0 spiro atoms. The van der Waals surface area contributed by atoms with Gasteiger partial charge in [-0.2, -0.15) is 0 Å². The number of carbonyl (C=O) groups excluding carboxylic acids is 1. The molecular formula is C24H29N3O. The first kappa shape index (κ1) is 18.8. The van der Waals surface area contributed by atoms with Gasteiger partial charge in [0.15, 0.2) is 0 Å². The zero-order valence-corrected chi connectivity index (χ0v) is 16.7. The Labute approximate surface area is 166 Å². The topological polar surface area (TPSA) is 51.3 Å². The van der Waals surface area contributed by atoms with Crippen molar-refractivity contribution in [1.82, 2.24) is 9.47 Å². The second kappa shape index (κ2) is 8.19. The lowest BCUT2D eigenvalue weighted by atomic mass is 10.0. The number of aromatic nitrogens is 1. The molecule has 4 nitrogen and oxygen atoms in total. The van der Waals surface area contributed by atoms with E-state index in [9.17, 15) is 4.79 Å². The minimum atomic E-state index is -0.194. The van der Waals surface area contributed by atoms with Crippen molar-refractivity contribution in [3.63, 3.8) is 0 Å². The molecule has 1 amide bonds. The van der Waals surface area contributed by atoms with Gasteiger partial charge in [0.25, 0.3) is 0 Å². The summed E-state index contributed by atoms with van der Waals surface area (Å²) in [6.45, 7) is 3.13. The van der Waals surface area contributed by atoms with Crippen molar-refractivity contribution in [1.29, 1.82) is 0 Å². The molecule has 146 valence electrons. The predicted molar refractivity (Wildman–Crippen MR) is 115 cm³/mol. The molecule has 2 N–H and O–H groups in total. The number of rotatable bonds is 7. The molecule has 1 aliphatic heterocycles. The number of fused-ring (bicyclic) bond motifs is 3. The molecule has 2 heterocycles. The van der Waals surface area contributed by atoms with Crippen molar-refractivity contribution in [2.24, 2.45) is 5.73 Å². The second-order valence-corrected chi connectivity index (χ2v) is 7.94. The summed E-state index contributed by atoms with van der Waals surface area (Å²) in [5, 5.41) is 1.39. The van der Waals surface area contributed by atoms with Crippen LogP contribution in [0.3, 0.4) is 0 Å². The van der Waals surface area contributed by atoms with E-state index in [1.807, 2.05) is 0 Å². The monoisotopic (exact) mass is 375 g/mol. The van der Waals surface area contributed by atoms with Gasteiger partial charge >= 0.3 is 0 Å². The Kier molecular flexibility index (Phi) is 5.49. The molecule has 1 aliphatic rings. The number of primary amides is 1. The van der Waals surface area contributed by atoms with Crippen LogP contribution in [0.25, 0.3) is 22.0 Å². The normalized spacial score (nSPS) is 14.3. The third-order valence-electron chi connectivity index (χ3n) is 5.86. The summed E-state index contributed by atoms with van der Waals surface area (Å²) in [6, 6.07) is 17.5. The quantitative estimate of drug-likeness (QED) is 0.625. The maximum atomic E-state index is 10.9. The van der Waals surface area contributed by atoms with Crippen LogP contribution < -0.4 is 5.73 Å². The average Bonchev–Trinajstić information content (AvgIpc) is 3.00. The highest BCUT2D eigenvalue weighted by Gasteiger charge is 2.22. The van der Waals surface area contributed by atoms with Gasteiger partial charge in [-0.25, -0.2) is 0 Å². The van der Waals surface area contributed by atoms with Gasteiger partial charge in [-0.05, 0) is 48.7 Å². The minimum absolute atomic E-state index is 0.194. The van der Waals surface area contributed by atoms with Crippen LogP contribution in [0.1, 0.15) is 36.9 Å². The van der Waals surface area contributed by atoms with Gasteiger partial charge in [-0.3, -0.25) is 4.79 Å². The Morgan fingerprint density at radius 1 is 1.04 bits per heavy atom. The summed E-state index contributed by atoms with van der Waals surface area (Å²) in [4.78, 5) is 13.4. The zero-order valence-electron chi connectivity index (χ0n) is 16.7. The number of amides is 1. The van der Waals surface area contributed by atoms with Crippen molar-refractivity contribution < 1.29 is 4.79 Å². The molecule has 3 aromatic rings. The number of carbonyl (C=O) groups is 1. The predicted octanol–water partition coefficient (Wildman–Crippen LogP) is 4.34. The van der Waals surface area contributed by atoms with E-state index in [0.717, 1.165) is 45.3 Å². The summed E-state index contributed by atoms with van der Waals surface area (Å²) >= 11 is 0. The van der Waals surface area contributed by atoms with Crippen LogP contribution in [-0.4, -0.2) is 29.0 Å². The van der Waals surface area contributed by atoms with Crippen LogP contribution in [0.5, 0.6) is 0 Å². The highest BCUT2D eigenvalue weighted by Crippen LogP contribution is 2.34. The Hall–Kier alpha value is -2.59. The van der Waals surface area contributed by atoms with Gasteiger partial charge in [-0.15, -0.1) is 0 Å². The smallest absolute Gasteiger partial charge is 0.217 e. The lowest BCUT2D eigenvalue weighted by molar-refractivity contribution is -0.118. The fourth-order valence-electron chi connectivity index (χ4n) is 4.40. The van der Waals surface area contributed by atoms with E-state index in [2.05, 4.69) is 65.0 Å². The molecule has 0 saturated heterocycles. The van der Waals surface area contributed by atoms with Gasteiger partial charge < -0.3 is 15.2 Å². The van der Waals surface area contributed by atoms with Crippen LogP contribution in [0.4, 0.5) is 0 Å². The van der Waals surface area contributed by atoms with E-state index >= 15 is 0 Å². The Morgan fingerprint density at radius 2 is 1.86 bits per heavy atom. The molecule has 4 rings (SSSR count). The van der Waals surface area contributed by atoms with Gasteiger partial charge in [-0.1, -0.05) is 42.8 Å². The first-order valence-corrected chi connectivity index (χ1v) is 10.3. The van der Waals surface area contributed by atoms with E-state index in [4.69, 9.17) is 5.73 Å². The third-order valence-corrected chi connectivity index (χ3v) is 5.86. The van der Waals surface area contributed by atoms with Crippen LogP contribution in [0, 0.1) is 0 Å². The largest absolute Gasteiger partial charge is 0.370 e. The fourth-order valence-corrected chi connectivity index (χ4v) is 4.40. The van der Waals surface area contributed by atoms with Crippen LogP contribution in [0.2, 0.25) is 0 Å². The standard InChI is InChI=1S/C24H29N3O/c1-26-15-13-23-21(17-26)20-16-19(18-8-4-2-5-9-18)11-12-22(20)27(23)14-7-3-6-10-24(25)28/h2,4-5,8-9,11-12,16H,3,6-7,10,13-15,17H2,1H3,(H2,25,28). The number of unbranched alkanes of at least 4 members (excludes halogenated alkanes) is 2. The Bertz CT molecular complexity index is 974. The second-order valence-electron chi connectivity index (χ2n) is 7.94. The first-order chi connectivity index (χ1) is 13.6. The van der Waals surface area contributed by atoms with Crippen molar-refractivity contribution in [2.45, 2.75) is 45.2 Å². The summed E-state index contributed by atoms with van der Waals surface area (Å²) in [5.74, 6) is -0.194. The van der Waals surface area contributed by atoms with Crippen LogP contribution in [0.15, 0.2) is 48.5 Å². The van der Waals surface area contributed by atoms with E-state index in [0.29, 0.717) is 6.42 Å². The van der Waals surface area contributed by atoms with Gasteiger partial charge in [0.2, 0.25) is 5.91 Å². The average molecular weight is 376 g/mol. The van der Waals surface area contributed by atoms with E-state index in [1.54, 1.807) is 0 Å². The zero-order chi connectivity index (χ0) is 19.5. The molecule has 2 aromatic carbocycles. The number of nitrogens with zero attached hydrogens (tertiary/aromatic N) is 2. The summed E-state index contributed by atoms with van der Waals surface area (Å²) in [7, 11) is 2.21. The number of nitrogens with two attached hydrogens (primary N) is 1. The highest BCUT2D eigenvalue weighted by atomic mass is 16.1. The third kappa shape index (κ3) is 3.83. The van der Waals surface area contributed by atoms with Crippen LogP contribution in [-0.2, 0) is 24.3 Å². The molecule has 28 heavy (non-hydrogen) atoms. The number of hydrogen-bond donors (Lipinski definition) is 1. The Morgan fingerprint density at radius 3 is 2.64 bits per heavy atom. The lowest BCUT2D eigenvalue weighted by Gasteiger charge is -2.24. The molecule has 0 saturated carbocycles. The van der Waals surface area contributed by atoms with Gasteiger partial charge in [0.1, 0.15) is 0 Å². The molecule has 0 radical (unpaired) electrons. The van der Waals surface area contributed by atoms with E-state index < -0.39 is 0 Å². The van der Waals surface area contributed by atoms with E-state index in [1.165, 1.54) is 33.3 Å². The molecule has 0 fully saturated rings. The number of benzene rings is 2. The molecule has 0 aliphatic carbocycles. The molecule has 0 unspecified atom stereocenters. The van der Waals surface area contributed by atoms with Crippen molar-refractivity contribution in [3.05, 3.63) is 59.8 Å². The SMILES string of the molecule is CN1CCc2c(c3cc(-c4ccccc4)ccc3n2CCCCCC(N)=O)C1. The molecule has 0 atom stereocenters. The number of likely N-dealkylation sites (N-methyl/N-ethyl adjacent to an activating group) is 1. The Balaban J connectivity index is 1.66. The maximum Gasteiger partial charge on any atom is 0.217 e. The van der Waals surface area contributed by atoms with Crippen molar-refractivity contribution in [2.75, 3.05) is 13.6 Å². The van der Waals surface area contributed by atoms with Gasteiger partial charge in [0.05, 0.1) is 0 Å². The number of aryl methyl sites for hydroxylation is 1. The van der Waals surface area contributed by atoms with Crippen LogP contribution >= 0.6 is 0 Å². The summed E-state index contributed by atoms with van der Waals surface area (Å²) in [6.07, 6.45) is 4.61. The van der Waals surface area contributed by atoms with Gasteiger partial charge in [0, 0.05) is 49.1 Å². The fraction of sp³-hybridized carbons (Fsp3) is 0.375. The summed E-state index contributed by atoms with van der Waals surface area (Å²) < 4.78 is 2.52. The molecule has 0 bridgehead atoms. The van der Waals surface area contributed by atoms with Crippen molar-refractivity contribution >= 4 is 16.8 Å². The lowest BCUT2D eigenvalue weighted by Crippen LogP contribution is -2.27. The van der Waals surface area contributed by atoms with E-state index in [-0.39, 0.29) is 5.91 Å². The molecule has 4 heteroatoms. The number of hydrogen-bond acceptors (Lipinski definition) is 2. The molecular weight excluding hydrogens is 346 g/mol. The maximum absolute atomic E-state index is 10.9.